The fourth-order valence-electron chi connectivity index (χ4n) is 2.09. The highest BCUT2D eigenvalue weighted by atomic mass is 35.5. The zero-order valence-electron chi connectivity index (χ0n) is 10.9. The topological polar surface area (TPSA) is 77.8 Å². The Kier molecular flexibility index (Phi) is 3.50. The van der Waals surface area contributed by atoms with Crippen molar-refractivity contribution >= 4 is 28.4 Å². The molecule has 5 nitrogen and oxygen atoms in total. The van der Waals surface area contributed by atoms with Crippen LogP contribution in [0.25, 0.3) is 10.9 Å². The third kappa shape index (κ3) is 2.98. The Morgan fingerprint density at radius 3 is 2.81 bits per heavy atom. The van der Waals surface area contributed by atoms with Gasteiger partial charge in [0.1, 0.15) is 5.69 Å². The summed E-state index contributed by atoms with van der Waals surface area (Å²) >= 11 is 5.91. The quantitative estimate of drug-likeness (QED) is 0.695. The molecule has 0 atom stereocenters. The molecule has 0 saturated heterocycles. The minimum atomic E-state index is -0.243. The molecule has 0 bridgehead atoms. The van der Waals surface area contributed by atoms with E-state index >= 15 is 0 Å². The molecule has 1 amide bonds. The number of pyridine rings is 1. The molecule has 3 rings (SSSR count). The van der Waals surface area contributed by atoms with Crippen molar-refractivity contribution in [2.45, 2.75) is 6.54 Å². The van der Waals surface area contributed by atoms with Gasteiger partial charge >= 0.3 is 0 Å². The van der Waals surface area contributed by atoms with Crippen molar-refractivity contribution in [2.75, 3.05) is 0 Å². The number of halogens is 1. The Hall–Kier alpha value is -2.53. The summed E-state index contributed by atoms with van der Waals surface area (Å²) in [4.78, 5) is 28.9. The molecule has 0 saturated carbocycles. The van der Waals surface area contributed by atoms with Crippen molar-refractivity contribution in [2.24, 2.45) is 0 Å². The first-order valence-electron chi connectivity index (χ1n) is 6.36. The summed E-state index contributed by atoms with van der Waals surface area (Å²) in [7, 11) is 0. The predicted molar refractivity (Wildman–Crippen MR) is 81.5 cm³/mol. The van der Waals surface area contributed by atoms with E-state index < -0.39 is 0 Å². The molecular weight excluding hydrogens is 290 g/mol. The molecule has 21 heavy (non-hydrogen) atoms. The number of H-pyrrole nitrogens is 2. The monoisotopic (exact) mass is 301 g/mol. The molecule has 1 aromatic carbocycles. The van der Waals surface area contributed by atoms with E-state index in [2.05, 4.69) is 15.3 Å². The molecule has 3 N–H and O–H groups in total. The number of hydrogen-bond donors (Lipinski definition) is 3. The Labute approximate surface area is 125 Å². The second-order valence-electron chi connectivity index (χ2n) is 4.64. The number of aromatic nitrogens is 2. The lowest BCUT2D eigenvalue weighted by Gasteiger charge is -2.03. The van der Waals surface area contributed by atoms with E-state index in [9.17, 15) is 9.59 Å². The summed E-state index contributed by atoms with van der Waals surface area (Å²) in [5.41, 5.74) is 1.71. The SMILES string of the molecule is O=C(NCc1cccc(=O)[nH]1)c1cc2ccc(Cl)cc2[nH]1. The highest BCUT2D eigenvalue weighted by Crippen LogP contribution is 2.19. The van der Waals surface area contributed by atoms with Gasteiger partial charge in [0, 0.05) is 27.7 Å². The second-order valence-corrected chi connectivity index (χ2v) is 5.07. The molecule has 2 heterocycles. The van der Waals surface area contributed by atoms with Gasteiger partial charge in [-0.1, -0.05) is 23.7 Å². The lowest BCUT2D eigenvalue weighted by Crippen LogP contribution is -2.24. The fraction of sp³-hybridized carbons (Fsp3) is 0.0667. The highest BCUT2D eigenvalue weighted by molar-refractivity contribution is 6.31. The van der Waals surface area contributed by atoms with E-state index in [0.29, 0.717) is 16.4 Å². The van der Waals surface area contributed by atoms with Crippen LogP contribution in [0, 0.1) is 0 Å². The number of carbonyl (C=O) groups is 1. The second kappa shape index (κ2) is 5.46. The number of aromatic amines is 2. The average molecular weight is 302 g/mol. The minimum absolute atomic E-state index is 0.193. The number of rotatable bonds is 3. The van der Waals surface area contributed by atoms with Crippen LogP contribution in [0.3, 0.4) is 0 Å². The van der Waals surface area contributed by atoms with Gasteiger partial charge in [0.2, 0.25) is 5.56 Å². The van der Waals surface area contributed by atoms with Crippen LogP contribution < -0.4 is 10.9 Å². The van der Waals surface area contributed by atoms with Crippen LogP contribution in [0.5, 0.6) is 0 Å². The first-order chi connectivity index (χ1) is 10.1. The molecule has 0 spiro atoms. The van der Waals surface area contributed by atoms with Crippen molar-refractivity contribution in [3.8, 4) is 0 Å². The van der Waals surface area contributed by atoms with E-state index in [1.165, 1.54) is 6.07 Å². The van der Waals surface area contributed by atoms with Crippen LogP contribution in [-0.2, 0) is 6.54 Å². The Morgan fingerprint density at radius 2 is 2.00 bits per heavy atom. The van der Waals surface area contributed by atoms with Crippen LogP contribution in [0.4, 0.5) is 0 Å². The van der Waals surface area contributed by atoms with Gasteiger partial charge in [0.25, 0.3) is 5.91 Å². The number of fused-ring (bicyclic) bond motifs is 1. The number of hydrogen-bond acceptors (Lipinski definition) is 2. The summed E-state index contributed by atoms with van der Waals surface area (Å²) in [5, 5.41) is 4.27. The lowest BCUT2D eigenvalue weighted by molar-refractivity contribution is 0.0946. The molecule has 3 aromatic rings. The maximum absolute atomic E-state index is 12.1. The number of amides is 1. The van der Waals surface area contributed by atoms with Crippen molar-refractivity contribution < 1.29 is 4.79 Å². The van der Waals surface area contributed by atoms with Gasteiger partial charge in [0.05, 0.1) is 6.54 Å². The van der Waals surface area contributed by atoms with E-state index in [-0.39, 0.29) is 18.0 Å². The summed E-state index contributed by atoms with van der Waals surface area (Å²) in [5.74, 6) is -0.243. The number of nitrogens with one attached hydrogen (secondary N) is 3. The third-order valence-corrected chi connectivity index (χ3v) is 3.33. The first kappa shape index (κ1) is 13.5. The van der Waals surface area contributed by atoms with Crippen molar-refractivity contribution in [1.82, 2.24) is 15.3 Å². The molecule has 106 valence electrons. The van der Waals surface area contributed by atoms with Gasteiger partial charge in [-0.2, -0.15) is 0 Å². The van der Waals surface area contributed by atoms with Gasteiger partial charge in [-0.15, -0.1) is 0 Å². The van der Waals surface area contributed by atoms with E-state index in [0.717, 1.165) is 10.9 Å². The van der Waals surface area contributed by atoms with Gasteiger partial charge < -0.3 is 15.3 Å². The summed E-state index contributed by atoms with van der Waals surface area (Å²) in [6.07, 6.45) is 0. The zero-order chi connectivity index (χ0) is 14.8. The Bertz CT molecular complexity index is 866. The predicted octanol–water partition coefficient (Wildman–Crippen LogP) is 2.44. The highest BCUT2D eigenvalue weighted by Gasteiger charge is 2.09. The molecule has 0 unspecified atom stereocenters. The summed E-state index contributed by atoms with van der Waals surface area (Å²) < 4.78 is 0. The first-order valence-corrected chi connectivity index (χ1v) is 6.74. The number of carbonyl (C=O) groups excluding carboxylic acids is 1. The fourth-order valence-corrected chi connectivity index (χ4v) is 2.26. The van der Waals surface area contributed by atoms with Crippen molar-refractivity contribution in [1.29, 1.82) is 0 Å². The normalized spacial score (nSPS) is 10.7. The largest absolute Gasteiger partial charge is 0.350 e. The van der Waals surface area contributed by atoms with Gasteiger partial charge in [-0.3, -0.25) is 9.59 Å². The van der Waals surface area contributed by atoms with Crippen molar-refractivity contribution in [3.63, 3.8) is 0 Å². The maximum atomic E-state index is 12.1. The number of benzene rings is 1. The van der Waals surface area contributed by atoms with Crippen LogP contribution in [-0.4, -0.2) is 15.9 Å². The van der Waals surface area contributed by atoms with E-state index in [4.69, 9.17) is 11.6 Å². The Balaban J connectivity index is 1.76. The smallest absolute Gasteiger partial charge is 0.268 e. The van der Waals surface area contributed by atoms with Gasteiger partial charge in [0.15, 0.2) is 0 Å². The standard InChI is InChI=1S/C15H12ClN3O2/c16-10-5-4-9-6-13(19-12(9)7-10)15(21)17-8-11-2-1-3-14(20)18-11/h1-7,19H,8H2,(H,17,21)(H,18,20). The average Bonchev–Trinajstić information content (AvgIpc) is 2.88. The molecular formula is C15H12ClN3O2. The third-order valence-electron chi connectivity index (χ3n) is 3.10. The van der Waals surface area contributed by atoms with Crippen molar-refractivity contribution in [3.05, 3.63) is 69.2 Å². The maximum Gasteiger partial charge on any atom is 0.268 e. The van der Waals surface area contributed by atoms with Crippen LogP contribution in [0.15, 0.2) is 47.3 Å². The minimum Gasteiger partial charge on any atom is -0.350 e. The summed E-state index contributed by atoms with van der Waals surface area (Å²) in [6.45, 7) is 0.255. The molecule has 0 aliphatic rings. The molecule has 0 fully saturated rings. The lowest BCUT2D eigenvalue weighted by atomic mass is 10.2. The molecule has 0 aliphatic carbocycles. The van der Waals surface area contributed by atoms with E-state index in [1.807, 2.05) is 6.07 Å². The molecule has 6 heteroatoms. The molecule has 2 aromatic heterocycles. The zero-order valence-corrected chi connectivity index (χ0v) is 11.7. The van der Waals surface area contributed by atoms with Crippen LogP contribution >= 0.6 is 11.6 Å². The molecule has 0 aliphatic heterocycles. The summed E-state index contributed by atoms with van der Waals surface area (Å²) in [6, 6.07) is 12.0. The van der Waals surface area contributed by atoms with Crippen LogP contribution in [0.1, 0.15) is 16.2 Å². The van der Waals surface area contributed by atoms with Gasteiger partial charge in [-0.25, -0.2) is 0 Å². The molecule has 0 radical (unpaired) electrons. The van der Waals surface area contributed by atoms with Gasteiger partial charge in [-0.05, 0) is 24.3 Å². The van der Waals surface area contributed by atoms with E-state index in [1.54, 1.807) is 30.3 Å². The Morgan fingerprint density at radius 1 is 1.14 bits per heavy atom. The van der Waals surface area contributed by atoms with Crippen LogP contribution in [0.2, 0.25) is 5.02 Å².